The molecule has 1 saturated heterocycles. The van der Waals surface area contributed by atoms with Crippen molar-refractivity contribution in [3.63, 3.8) is 0 Å². The fourth-order valence-corrected chi connectivity index (χ4v) is 2.77. The van der Waals surface area contributed by atoms with Crippen molar-refractivity contribution in [2.75, 3.05) is 19.6 Å². The first-order chi connectivity index (χ1) is 8.61. The van der Waals surface area contributed by atoms with Crippen LogP contribution in [0, 0.1) is 13.8 Å². The molecule has 2 N–H and O–H groups in total. The summed E-state index contributed by atoms with van der Waals surface area (Å²) in [5.74, 6) is 0.668. The van der Waals surface area contributed by atoms with Gasteiger partial charge in [0.05, 0.1) is 6.54 Å². The second-order valence-electron chi connectivity index (χ2n) is 5.22. The first-order valence-electron chi connectivity index (χ1n) is 6.67. The van der Waals surface area contributed by atoms with Gasteiger partial charge >= 0.3 is 0 Å². The maximum atomic E-state index is 11.5. The van der Waals surface area contributed by atoms with Gasteiger partial charge in [0.2, 0.25) is 5.91 Å². The van der Waals surface area contributed by atoms with Crippen molar-refractivity contribution in [2.45, 2.75) is 32.6 Å². The molecule has 18 heavy (non-hydrogen) atoms. The number of nitrogens with zero attached hydrogens (tertiary/aromatic N) is 1. The first-order valence-corrected chi connectivity index (χ1v) is 6.67. The minimum Gasteiger partial charge on any atom is -0.342 e. The Kier molecular flexibility index (Phi) is 4.02. The van der Waals surface area contributed by atoms with Crippen LogP contribution >= 0.6 is 0 Å². The Balaban J connectivity index is 2.05. The van der Waals surface area contributed by atoms with Crippen LogP contribution in [0.4, 0.5) is 0 Å². The third-order valence-electron chi connectivity index (χ3n) is 3.90. The highest BCUT2D eigenvalue weighted by molar-refractivity contribution is 5.78. The number of benzene rings is 1. The van der Waals surface area contributed by atoms with Crippen molar-refractivity contribution < 1.29 is 4.79 Å². The lowest BCUT2D eigenvalue weighted by Crippen LogP contribution is -2.41. The molecule has 1 aliphatic heterocycles. The fourth-order valence-electron chi connectivity index (χ4n) is 2.77. The number of hydrogen-bond acceptors (Lipinski definition) is 2. The molecule has 1 amide bonds. The molecule has 2 rings (SSSR count). The van der Waals surface area contributed by atoms with Gasteiger partial charge in [0, 0.05) is 13.1 Å². The van der Waals surface area contributed by atoms with Crippen molar-refractivity contribution >= 4 is 5.91 Å². The number of carbonyl (C=O) groups is 1. The minimum absolute atomic E-state index is 0.0782. The van der Waals surface area contributed by atoms with Crippen molar-refractivity contribution in [3.05, 3.63) is 34.9 Å². The van der Waals surface area contributed by atoms with E-state index in [1.54, 1.807) is 0 Å². The summed E-state index contributed by atoms with van der Waals surface area (Å²) in [7, 11) is 0. The van der Waals surface area contributed by atoms with Gasteiger partial charge in [-0.2, -0.15) is 0 Å². The number of aryl methyl sites for hydroxylation is 2. The topological polar surface area (TPSA) is 46.3 Å². The lowest BCUT2D eigenvalue weighted by molar-refractivity contribution is -0.130. The SMILES string of the molecule is Cc1ccc(C)c(C2CCN(C(=O)CN)CC2)c1. The fraction of sp³-hybridized carbons (Fsp3) is 0.533. The molecule has 3 heteroatoms. The van der Waals surface area contributed by atoms with E-state index in [-0.39, 0.29) is 12.5 Å². The van der Waals surface area contributed by atoms with E-state index in [4.69, 9.17) is 5.73 Å². The lowest BCUT2D eigenvalue weighted by atomic mass is 9.86. The third kappa shape index (κ3) is 2.72. The second kappa shape index (κ2) is 5.53. The molecule has 1 aromatic rings. The Morgan fingerprint density at radius 3 is 2.61 bits per heavy atom. The molecular weight excluding hydrogens is 224 g/mol. The van der Waals surface area contributed by atoms with Crippen molar-refractivity contribution in [1.29, 1.82) is 0 Å². The van der Waals surface area contributed by atoms with Gasteiger partial charge in [-0.05, 0) is 43.7 Å². The van der Waals surface area contributed by atoms with Gasteiger partial charge in [-0.3, -0.25) is 4.79 Å². The van der Waals surface area contributed by atoms with Gasteiger partial charge in [0.1, 0.15) is 0 Å². The van der Waals surface area contributed by atoms with Crippen LogP contribution in [0.25, 0.3) is 0 Å². The molecule has 0 unspecified atom stereocenters. The van der Waals surface area contributed by atoms with Crippen LogP contribution in [-0.4, -0.2) is 30.4 Å². The van der Waals surface area contributed by atoms with Crippen LogP contribution in [0.5, 0.6) is 0 Å². The largest absolute Gasteiger partial charge is 0.342 e. The summed E-state index contributed by atoms with van der Waals surface area (Å²) < 4.78 is 0. The molecule has 1 aromatic carbocycles. The number of rotatable bonds is 2. The third-order valence-corrected chi connectivity index (χ3v) is 3.90. The predicted octanol–water partition coefficient (Wildman–Crippen LogP) is 1.97. The minimum atomic E-state index is 0.0782. The molecule has 0 atom stereocenters. The summed E-state index contributed by atoms with van der Waals surface area (Å²) in [6.45, 7) is 6.12. The Bertz CT molecular complexity index is 434. The molecule has 0 radical (unpaired) electrons. The Morgan fingerprint density at radius 2 is 2.00 bits per heavy atom. The molecule has 1 heterocycles. The van der Waals surface area contributed by atoms with E-state index in [9.17, 15) is 4.79 Å². The monoisotopic (exact) mass is 246 g/mol. The zero-order chi connectivity index (χ0) is 13.1. The van der Waals surface area contributed by atoms with Crippen LogP contribution < -0.4 is 5.73 Å². The molecule has 3 nitrogen and oxygen atoms in total. The smallest absolute Gasteiger partial charge is 0.236 e. The van der Waals surface area contributed by atoms with Crippen molar-refractivity contribution in [1.82, 2.24) is 4.90 Å². The Labute approximate surface area is 109 Å². The molecular formula is C15H22N2O. The normalized spacial score (nSPS) is 16.9. The molecule has 98 valence electrons. The van der Waals surface area contributed by atoms with Gasteiger partial charge in [-0.1, -0.05) is 23.8 Å². The average molecular weight is 246 g/mol. The Morgan fingerprint density at radius 1 is 1.33 bits per heavy atom. The van der Waals surface area contributed by atoms with Crippen molar-refractivity contribution in [3.8, 4) is 0 Å². The van der Waals surface area contributed by atoms with E-state index in [0.717, 1.165) is 25.9 Å². The zero-order valence-electron chi connectivity index (χ0n) is 11.3. The van der Waals surface area contributed by atoms with Crippen LogP contribution in [0.1, 0.15) is 35.4 Å². The summed E-state index contributed by atoms with van der Waals surface area (Å²) >= 11 is 0. The standard InChI is InChI=1S/C15H22N2O/c1-11-3-4-12(2)14(9-11)13-5-7-17(8-6-13)15(18)10-16/h3-4,9,13H,5-8,10,16H2,1-2H3. The van der Waals surface area contributed by atoms with Gasteiger partial charge < -0.3 is 10.6 Å². The highest BCUT2D eigenvalue weighted by Crippen LogP contribution is 2.30. The summed E-state index contributed by atoms with van der Waals surface area (Å²) in [5, 5.41) is 0. The second-order valence-corrected chi connectivity index (χ2v) is 5.22. The summed E-state index contributed by atoms with van der Waals surface area (Å²) in [5.41, 5.74) is 9.54. The number of amides is 1. The number of nitrogens with two attached hydrogens (primary N) is 1. The van der Waals surface area contributed by atoms with E-state index < -0.39 is 0 Å². The van der Waals surface area contributed by atoms with E-state index >= 15 is 0 Å². The number of piperidine rings is 1. The first kappa shape index (κ1) is 13.1. The molecule has 0 bridgehead atoms. The van der Waals surface area contributed by atoms with E-state index in [0.29, 0.717) is 5.92 Å². The molecule has 0 spiro atoms. The van der Waals surface area contributed by atoms with Gasteiger partial charge in [0.25, 0.3) is 0 Å². The van der Waals surface area contributed by atoms with Gasteiger partial charge in [-0.15, -0.1) is 0 Å². The molecule has 1 aliphatic rings. The van der Waals surface area contributed by atoms with E-state index in [1.807, 2.05) is 4.90 Å². The van der Waals surface area contributed by atoms with Crippen molar-refractivity contribution in [2.24, 2.45) is 5.73 Å². The number of hydrogen-bond donors (Lipinski definition) is 1. The zero-order valence-corrected chi connectivity index (χ0v) is 11.3. The van der Waals surface area contributed by atoms with Gasteiger partial charge in [-0.25, -0.2) is 0 Å². The summed E-state index contributed by atoms with van der Waals surface area (Å²) in [6, 6.07) is 6.65. The maximum absolute atomic E-state index is 11.5. The van der Waals surface area contributed by atoms with Crippen LogP contribution in [-0.2, 0) is 4.79 Å². The quantitative estimate of drug-likeness (QED) is 0.867. The van der Waals surface area contributed by atoms with Crippen LogP contribution in [0.2, 0.25) is 0 Å². The summed E-state index contributed by atoms with van der Waals surface area (Å²) in [6.07, 6.45) is 2.10. The number of likely N-dealkylation sites (tertiary alicyclic amines) is 1. The Hall–Kier alpha value is -1.35. The predicted molar refractivity (Wildman–Crippen MR) is 73.5 cm³/mol. The average Bonchev–Trinajstić information content (AvgIpc) is 2.41. The van der Waals surface area contributed by atoms with Gasteiger partial charge in [0.15, 0.2) is 0 Å². The van der Waals surface area contributed by atoms with Crippen LogP contribution in [0.3, 0.4) is 0 Å². The number of carbonyl (C=O) groups excluding carboxylic acids is 1. The molecule has 0 saturated carbocycles. The lowest BCUT2D eigenvalue weighted by Gasteiger charge is -2.32. The molecule has 0 aliphatic carbocycles. The van der Waals surface area contributed by atoms with Crippen LogP contribution in [0.15, 0.2) is 18.2 Å². The molecule has 1 fully saturated rings. The van der Waals surface area contributed by atoms with E-state index in [1.165, 1.54) is 16.7 Å². The van der Waals surface area contributed by atoms with E-state index in [2.05, 4.69) is 32.0 Å². The molecule has 0 aromatic heterocycles. The maximum Gasteiger partial charge on any atom is 0.236 e. The highest BCUT2D eigenvalue weighted by Gasteiger charge is 2.23. The highest BCUT2D eigenvalue weighted by atomic mass is 16.2. The summed E-state index contributed by atoms with van der Waals surface area (Å²) in [4.78, 5) is 13.4.